The molecule has 1 heterocycles. The fraction of sp³-hybridized carbons (Fsp3) is 0.125. The molecule has 11 heavy (non-hydrogen) atoms. The van der Waals surface area contributed by atoms with Crippen molar-refractivity contribution in [2.24, 2.45) is 0 Å². The molecular formula is C8H7BrN2. The van der Waals surface area contributed by atoms with Crippen LogP contribution in [0.4, 0.5) is 0 Å². The van der Waals surface area contributed by atoms with Crippen LogP contribution in [0.25, 0.3) is 10.9 Å². The summed E-state index contributed by atoms with van der Waals surface area (Å²) in [6, 6.07) is 6.19. The van der Waals surface area contributed by atoms with Crippen LogP contribution in [0.5, 0.6) is 0 Å². The molecule has 0 aliphatic rings. The van der Waals surface area contributed by atoms with Crippen molar-refractivity contribution >= 4 is 26.8 Å². The van der Waals surface area contributed by atoms with Gasteiger partial charge in [0, 0.05) is 5.39 Å². The third-order valence-corrected chi connectivity index (χ3v) is 2.28. The van der Waals surface area contributed by atoms with Crippen LogP contribution >= 0.6 is 15.9 Å². The summed E-state index contributed by atoms with van der Waals surface area (Å²) >= 11 is 3.36. The van der Waals surface area contributed by atoms with E-state index in [0.29, 0.717) is 0 Å². The van der Waals surface area contributed by atoms with E-state index >= 15 is 0 Å². The maximum atomic E-state index is 4.03. The van der Waals surface area contributed by atoms with Crippen molar-refractivity contribution in [1.29, 1.82) is 0 Å². The lowest BCUT2D eigenvalue weighted by Gasteiger charge is -1.90. The fourth-order valence-corrected chi connectivity index (χ4v) is 1.51. The molecule has 0 spiro atoms. The Labute approximate surface area is 72.7 Å². The van der Waals surface area contributed by atoms with Gasteiger partial charge in [-0.2, -0.15) is 5.10 Å². The van der Waals surface area contributed by atoms with E-state index in [9.17, 15) is 0 Å². The smallest absolute Gasteiger partial charge is 0.135 e. The lowest BCUT2D eigenvalue weighted by atomic mass is 10.2. The Balaban J connectivity index is 2.87. The van der Waals surface area contributed by atoms with Crippen LogP contribution in [0.15, 0.2) is 22.8 Å². The van der Waals surface area contributed by atoms with Gasteiger partial charge in [0.25, 0.3) is 0 Å². The molecule has 2 rings (SSSR count). The number of benzene rings is 1. The highest BCUT2D eigenvalue weighted by molar-refractivity contribution is 9.10. The van der Waals surface area contributed by atoms with Gasteiger partial charge in [0.2, 0.25) is 0 Å². The van der Waals surface area contributed by atoms with Crippen LogP contribution in [-0.2, 0) is 0 Å². The number of nitrogens with one attached hydrogen (secondary N) is 1. The zero-order chi connectivity index (χ0) is 7.84. The van der Waals surface area contributed by atoms with Crippen molar-refractivity contribution in [3.63, 3.8) is 0 Å². The molecule has 0 saturated carbocycles. The first-order chi connectivity index (χ1) is 5.27. The number of H-pyrrole nitrogens is 1. The molecule has 1 aromatic heterocycles. The number of hydrogen-bond donors (Lipinski definition) is 1. The number of aromatic nitrogens is 2. The highest BCUT2D eigenvalue weighted by atomic mass is 79.9. The number of fused-ring (bicyclic) bond motifs is 1. The Morgan fingerprint density at radius 1 is 1.45 bits per heavy atom. The predicted molar refractivity (Wildman–Crippen MR) is 48.5 cm³/mol. The zero-order valence-corrected chi connectivity index (χ0v) is 7.64. The molecule has 0 radical (unpaired) electrons. The minimum atomic E-state index is 0.885. The second kappa shape index (κ2) is 2.34. The Hall–Kier alpha value is -0.830. The lowest BCUT2D eigenvalue weighted by molar-refractivity contribution is 1.10. The summed E-state index contributed by atoms with van der Waals surface area (Å²) in [5.74, 6) is 0. The van der Waals surface area contributed by atoms with Gasteiger partial charge in [-0.1, -0.05) is 11.6 Å². The molecule has 0 aliphatic heterocycles. The molecule has 2 nitrogen and oxygen atoms in total. The first kappa shape index (κ1) is 6.85. The molecule has 1 aromatic carbocycles. The van der Waals surface area contributed by atoms with Gasteiger partial charge >= 0.3 is 0 Å². The highest BCUT2D eigenvalue weighted by Crippen LogP contribution is 2.21. The van der Waals surface area contributed by atoms with Crippen molar-refractivity contribution in [2.45, 2.75) is 6.92 Å². The highest BCUT2D eigenvalue weighted by Gasteiger charge is 2.00. The molecular weight excluding hydrogens is 204 g/mol. The molecule has 0 atom stereocenters. The molecule has 0 saturated heterocycles. The third-order valence-electron chi connectivity index (χ3n) is 1.67. The van der Waals surface area contributed by atoms with E-state index in [1.54, 1.807) is 0 Å². The summed E-state index contributed by atoms with van der Waals surface area (Å²) in [6.07, 6.45) is 0. The third kappa shape index (κ3) is 1.05. The summed E-state index contributed by atoms with van der Waals surface area (Å²) in [5.41, 5.74) is 2.32. The standard InChI is InChI=1S/C8H7BrN2/c1-5-2-3-7-6(4-5)8(9)11-10-7/h2-4H,1H3,(H,10,11). The maximum absolute atomic E-state index is 4.03. The van der Waals surface area contributed by atoms with Gasteiger partial charge in [-0.25, -0.2) is 0 Å². The van der Waals surface area contributed by atoms with E-state index < -0.39 is 0 Å². The quantitative estimate of drug-likeness (QED) is 0.712. The molecule has 3 heteroatoms. The van der Waals surface area contributed by atoms with Crippen molar-refractivity contribution in [1.82, 2.24) is 10.2 Å². The molecule has 2 aromatic rings. The summed E-state index contributed by atoms with van der Waals surface area (Å²) in [5, 5.41) is 8.09. The van der Waals surface area contributed by atoms with Gasteiger partial charge < -0.3 is 0 Å². The van der Waals surface area contributed by atoms with Crippen LogP contribution in [-0.4, -0.2) is 10.2 Å². The van der Waals surface area contributed by atoms with Crippen molar-refractivity contribution < 1.29 is 0 Å². The Kier molecular flexibility index (Phi) is 1.46. The molecule has 0 unspecified atom stereocenters. The van der Waals surface area contributed by atoms with Gasteiger partial charge in [0.1, 0.15) is 4.60 Å². The second-order valence-electron chi connectivity index (χ2n) is 2.56. The largest absolute Gasteiger partial charge is 0.277 e. The van der Waals surface area contributed by atoms with E-state index in [2.05, 4.69) is 45.2 Å². The molecule has 0 fully saturated rings. The maximum Gasteiger partial charge on any atom is 0.135 e. The van der Waals surface area contributed by atoms with Gasteiger partial charge in [0.05, 0.1) is 5.52 Å². The number of halogens is 1. The van der Waals surface area contributed by atoms with Gasteiger partial charge in [-0.05, 0) is 35.0 Å². The minimum absolute atomic E-state index is 0.885. The Bertz CT molecular complexity index is 392. The predicted octanol–water partition coefficient (Wildman–Crippen LogP) is 2.63. The number of aryl methyl sites for hydroxylation is 1. The molecule has 1 N–H and O–H groups in total. The van der Waals surface area contributed by atoms with Crippen LogP contribution in [0.1, 0.15) is 5.56 Å². The number of nitrogens with zero attached hydrogens (tertiary/aromatic N) is 1. The number of hydrogen-bond acceptors (Lipinski definition) is 1. The normalized spacial score (nSPS) is 10.7. The van der Waals surface area contributed by atoms with Crippen LogP contribution in [0.2, 0.25) is 0 Å². The van der Waals surface area contributed by atoms with Crippen LogP contribution in [0, 0.1) is 6.92 Å². The van der Waals surface area contributed by atoms with Crippen molar-refractivity contribution in [2.75, 3.05) is 0 Å². The van der Waals surface area contributed by atoms with Gasteiger partial charge in [-0.15, -0.1) is 0 Å². The van der Waals surface area contributed by atoms with E-state index in [4.69, 9.17) is 0 Å². The summed E-state index contributed by atoms with van der Waals surface area (Å²) in [4.78, 5) is 0. The average Bonchev–Trinajstić information content (AvgIpc) is 2.33. The van der Waals surface area contributed by atoms with E-state index in [0.717, 1.165) is 15.5 Å². The van der Waals surface area contributed by atoms with Crippen LogP contribution in [0.3, 0.4) is 0 Å². The summed E-state index contributed by atoms with van der Waals surface area (Å²) in [6.45, 7) is 2.07. The van der Waals surface area contributed by atoms with E-state index in [1.165, 1.54) is 5.56 Å². The van der Waals surface area contributed by atoms with E-state index in [-0.39, 0.29) is 0 Å². The molecule has 0 bridgehead atoms. The van der Waals surface area contributed by atoms with Gasteiger partial charge in [-0.3, -0.25) is 5.10 Å². The first-order valence-electron chi connectivity index (χ1n) is 3.37. The number of aromatic amines is 1. The van der Waals surface area contributed by atoms with Crippen molar-refractivity contribution in [3.8, 4) is 0 Å². The Morgan fingerprint density at radius 3 is 3.09 bits per heavy atom. The molecule has 0 aliphatic carbocycles. The second-order valence-corrected chi connectivity index (χ2v) is 3.31. The fourth-order valence-electron chi connectivity index (χ4n) is 1.10. The first-order valence-corrected chi connectivity index (χ1v) is 4.17. The van der Waals surface area contributed by atoms with E-state index in [1.807, 2.05) is 6.07 Å². The topological polar surface area (TPSA) is 28.7 Å². The molecule has 56 valence electrons. The SMILES string of the molecule is Cc1ccc2[nH]nc(Br)c2c1. The van der Waals surface area contributed by atoms with Crippen LogP contribution < -0.4 is 0 Å². The average molecular weight is 211 g/mol. The monoisotopic (exact) mass is 210 g/mol. The molecule has 0 amide bonds. The number of rotatable bonds is 0. The minimum Gasteiger partial charge on any atom is -0.277 e. The lowest BCUT2D eigenvalue weighted by Crippen LogP contribution is -1.70. The Morgan fingerprint density at radius 2 is 2.27 bits per heavy atom. The summed E-state index contributed by atoms with van der Waals surface area (Å²) < 4.78 is 0.885. The van der Waals surface area contributed by atoms with Gasteiger partial charge in [0.15, 0.2) is 0 Å². The zero-order valence-electron chi connectivity index (χ0n) is 6.06. The van der Waals surface area contributed by atoms with Crippen molar-refractivity contribution in [3.05, 3.63) is 28.4 Å². The summed E-state index contributed by atoms with van der Waals surface area (Å²) in [7, 11) is 0.